The second kappa shape index (κ2) is 12.5. The van der Waals surface area contributed by atoms with Gasteiger partial charge in [-0.15, -0.1) is 0 Å². The second-order valence-corrected chi connectivity index (χ2v) is 15.9. The highest BCUT2D eigenvalue weighted by molar-refractivity contribution is 6.04. The summed E-state index contributed by atoms with van der Waals surface area (Å²) in [5.74, 6) is -0.251. The van der Waals surface area contributed by atoms with E-state index in [0.717, 1.165) is 44.9 Å². The van der Waals surface area contributed by atoms with Crippen LogP contribution in [0, 0.1) is 55.7 Å². The van der Waals surface area contributed by atoms with Crippen molar-refractivity contribution in [3.05, 3.63) is 11.6 Å². The molecule has 6 atom stereocenters. The van der Waals surface area contributed by atoms with Gasteiger partial charge in [-0.3, -0.25) is 9.59 Å². The topological polar surface area (TPSA) is 96.6 Å². The number of aliphatic hydroxyl groups is 1. The molecule has 2 aliphatic rings. The molecule has 0 heterocycles. The van der Waals surface area contributed by atoms with Gasteiger partial charge >= 0.3 is 5.97 Å². The number of ketones is 1. The molecule has 2 rings (SSSR count). The lowest BCUT2D eigenvalue weighted by Gasteiger charge is -2.64. The van der Waals surface area contributed by atoms with Gasteiger partial charge in [-0.05, 0) is 85.4 Å². The fourth-order valence-electron chi connectivity index (χ4n) is 8.65. The summed E-state index contributed by atoms with van der Waals surface area (Å²) < 4.78 is 10.7. The Morgan fingerprint density at radius 2 is 1.66 bits per heavy atom. The lowest BCUT2D eigenvalue weighted by atomic mass is 9.39. The summed E-state index contributed by atoms with van der Waals surface area (Å²) in [6.07, 6.45) is 8.58. The van der Waals surface area contributed by atoms with E-state index in [1.807, 2.05) is 19.9 Å². The Bertz CT molecular complexity index is 1040. The van der Waals surface area contributed by atoms with Crippen molar-refractivity contribution in [1.29, 1.82) is 5.26 Å². The highest BCUT2D eigenvalue weighted by Gasteiger charge is 2.63. The number of ether oxygens (including phenoxy) is 2. The van der Waals surface area contributed by atoms with Crippen LogP contribution in [0.15, 0.2) is 11.6 Å². The summed E-state index contributed by atoms with van der Waals surface area (Å²) in [5.41, 5.74) is -1.85. The average Bonchev–Trinajstić information content (AvgIpc) is 2.89. The molecule has 1 N–H and O–H groups in total. The van der Waals surface area contributed by atoms with Gasteiger partial charge in [-0.1, -0.05) is 74.8 Å². The third-order valence-corrected chi connectivity index (χ3v) is 12.0. The number of aliphatic hydroxyl groups excluding tert-OH is 1. The number of nitrogens with zero attached hydrogens (tertiary/aromatic N) is 1. The van der Waals surface area contributed by atoms with E-state index in [4.69, 9.17) is 9.47 Å². The van der Waals surface area contributed by atoms with Crippen LogP contribution in [-0.2, 0) is 19.1 Å². The Hall–Kier alpha value is -1.71. The van der Waals surface area contributed by atoms with E-state index in [0.29, 0.717) is 12.8 Å². The molecule has 0 bridgehead atoms. The third kappa shape index (κ3) is 6.77. The van der Waals surface area contributed by atoms with Crippen LogP contribution in [0.4, 0.5) is 0 Å². The molecule has 6 nitrogen and oxygen atoms in total. The van der Waals surface area contributed by atoms with Crippen LogP contribution in [0.25, 0.3) is 0 Å². The van der Waals surface area contributed by atoms with Crippen LogP contribution in [0.2, 0.25) is 0 Å². The van der Waals surface area contributed by atoms with Crippen molar-refractivity contribution >= 4 is 11.8 Å². The average molecular weight is 574 g/mol. The van der Waals surface area contributed by atoms with Crippen molar-refractivity contribution in [1.82, 2.24) is 0 Å². The number of allylic oxidation sites excluding steroid dienone is 2. The first kappa shape index (κ1) is 35.5. The second-order valence-electron chi connectivity index (χ2n) is 15.9. The molecule has 1 unspecified atom stereocenters. The molecule has 0 amide bonds. The SMILES string of the molecule is CCCC(C)(C)CC[C@@](C)(CCC(C)(C)[C@]1(C)CC[C@H]2C(C)(C)C(=O)C(C#N)=C[C@]2(C)[C@H]1CC(O)OC)C(=O)OC. The number of carbonyl (C=O) groups is 2. The molecule has 0 aromatic carbocycles. The molecule has 0 aromatic rings. The fourth-order valence-corrected chi connectivity index (χ4v) is 8.65. The molecule has 0 saturated heterocycles. The Morgan fingerprint density at radius 1 is 1.07 bits per heavy atom. The van der Waals surface area contributed by atoms with E-state index >= 15 is 0 Å². The highest BCUT2D eigenvalue weighted by atomic mass is 16.6. The van der Waals surface area contributed by atoms with E-state index in [9.17, 15) is 20.0 Å². The zero-order chi connectivity index (χ0) is 31.7. The van der Waals surface area contributed by atoms with Crippen LogP contribution < -0.4 is 0 Å². The predicted octanol–water partition coefficient (Wildman–Crippen LogP) is 8.03. The number of hydrogen-bond donors (Lipinski definition) is 1. The first-order valence-corrected chi connectivity index (χ1v) is 15.7. The van der Waals surface area contributed by atoms with E-state index in [2.05, 4.69) is 61.5 Å². The minimum Gasteiger partial charge on any atom is -0.469 e. The quantitative estimate of drug-likeness (QED) is 0.177. The molecule has 1 fully saturated rings. The maximum Gasteiger partial charge on any atom is 0.311 e. The van der Waals surface area contributed by atoms with Gasteiger partial charge in [0.05, 0.1) is 18.1 Å². The van der Waals surface area contributed by atoms with E-state index in [1.54, 1.807) is 0 Å². The van der Waals surface area contributed by atoms with E-state index in [-0.39, 0.29) is 45.4 Å². The molecular weight excluding hydrogens is 514 g/mol. The number of rotatable bonds is 13. The summed E-state index contributed by atoms with van der Waals surface area (Å²) in [6, 6.07) is 2.19. The van der Waals surface area contributed by atoms with Crippen LogP contribution in [0.5, 0.6) is 0 Å². The van der Waals surface area contributed by atoms with E-state index < -0.39 is 22.5 Å². The van der Waals surface area contributed by atoms with Gasteiger partial charge in [0.15, 0.2) is 12.1 Å². The van der Waals surface area contributed by atoms with Crippen LogP contribution in [0.3, 0.4) is 0 Å². The normalized spacial score (nSPS) is 30.4. The molecule has 0 spiro atoms. The molecule has 0 radical (unpaired) electrons. The van der Waals surface area contributed by atoms with Crippen LogP contribution >= 0.6 is 0 Å². The molecule has 0 aliphatic heterocycles. The standard InChI is InChI=1S/C35H59NO5/c1-13-15-30(2,3)17-19-33(8,29(39)41-12)20-18-31(4,5)35(10)16-14-25-32(6,7)28(38)24(23-36)22-34(25,9)26(35)21-27(37)40-11/h22,25-27,37H,13-21H2,1-12H3/t25-,26+,27?,33-,34-,35+/m0/s1. The van der Waals surface area contributed by atoms with Crippen molar-refractivity contribution < 1.29 is 24.2 Å². The van der Waals surface area contributed by atoms with Gasteiger partial charge in [0, 0.05) is 18.9 Å². The van der Waals surface area contributed by atoms with Gasteiger partial charge < -0.3 is 14.6 Å². The minimum atomic E-state index is -0.952. The number of esters is 1. The maximum atomic E-state index is 13.3. The highest BCUT2D eigenvalue weighted by Crippen LogP contribution is 2.68. The molecule has 6 heteroatoms. The largest absolute Gasteiger partial charge is 0.469 e. The zero-order valence-corrected chi connectivity index (χ0v) is 28.2. The molecule has 1 saturated carbocycles. The third-order valence-electron chi connectivity index (χ3n) is 12.0. The summed E-state index contributed by atoms with van der Waals surface area (Å²) in [6.45, 7) is 21.8. The monoisotopic (exact) mass is 573 g/mol. The summed E-state index contributed by atoms with van der Waals surface area (Å²) in [4.78, 5) is 26.5. The number of methoxy groups -OCH3 is 2. The summed E-state index contributed by atoms with van der Waals surface area (Å²) in [5, 5.41) is 20.8. The summed E-state index contributed by atoms with van der Waals surface area (Å²) >= 11 is 0. The maximum absolute atomic E-state index is 13.3. The van der Waals surface area contributed by atoms with Crippen molar-refractivity contribution in [2.24, 2.45) is 44.3 Å². The van der Waals surface area contributed by atoms with Crippen molar-refractivity contribution in [3.63, 3.8) is 0 Å². The Morgan fingerprint density at radius 3 is 2.17 bits per heavy atom. The van der Waals surface area contributed by atoms with Gasteiger partial charge in [-0.2, -0.15) is 5.26 Å². The lowest BCUT2D eigenvalue weighted by molar-refractivity contribution is -0.177. The van der Waals surface area contributed by atoms with Gasteiger partial charge in [-0.25, -0.2) is 0 Å². The fraction of sp³-hybridized carbons (Fsp3) is 0.857. The van der Waals surface area contributed by atoms with Crippen molar-refractivity contribution in [2.75, 3.05) is 14.2 Å². The molecule has 2 aliphatic carbocycles. The number of hydrogen-bond acceptors (Lipinski definition) is 6. The van der Waals surface area contributed by atoms with E-state index in [1.165, 1.54) is 14.2 Å². The number of nitriles is 1. The van der Waals surface area contributed by atoms with Crippen LogP contribution in [-0.4, -0.2) is 37.4 Å². The number of carbonyl (C=O) groups excluding carboxylic acids is 2. The molecule has 234 valence electrons. The van der Waals surface area contributed by atoms with Gasteiger partial charge in [0.25, 0.3) is 0 Å². The molecule has 0 aromatic heterocycles. The molecule has 41 heavy (non-hydrogen) atoms. The summed E-state index contributed by atoms with van der Waals surface area (Å²) in [7, 11) is 3.00. The van der Waals surface area contributed by atoms with Gasteiger partial charge in [0.2, 0.25) is 0 Å². The molecular formula is C35H59NO5. The Labute approximate surface area is 250 Å². The van der Waals surface area contributed by atoms with Gasteiger partial charge in [0.1, 0.15) is 6.07 Å². The first-order chi connectivity index (χ1) is 18.7. The zero-order valence-electron chi connectivity index (χ0n) is 28.2. The van der Waals surface area contributed by atoms with Crippen molar-refractivity contribution in [2.45, 2.75) is 133 Å². The Balaban J connectivity index is 2.53. The number of Topliss-reactive ketones (excluding diaryl/α,β-unsaturated/α-hetero) is 1. The van der Waals surface area contributed by atoms with Crippen molar-refractivity contribution in [3.8, 4) is 6.07 Å². The smallest absolute Gasteiger partial charge is 0.311 e. The number of fused-ring (bicyclic) bond motifs is 1. The first-order valence-electron chi connectivity index (χ1n) is 15.7. The minimum absolute atomic E-state index is 0.0404. The predicted molar refractivity (Wildman–Crippen MR) is 164 cm³/mol. The lowest BCUT2D eigenvalue weighted by Crippen LogP contribution is -2.60. The van der Waals surface area contributed by atoms with Crippen LogP contribution in [0.1, 0.15) is 127 Å². The Kier molecular flexibility index (Phi) is 10.8.